The lowest BCUT2D eigenvalue weighted by Gasteiger charge is -2.15. The van der Waals surface area contributed by atoms with Crippen LogP contribution in [0.5, 0.6) is 17.2 Å². The van der Waals surface area contributed by atoms with Crippen molar-refractivity contribution >= 4 is 5.91 Å². The van der Waals surface area contributed by atoms with Crippen LogP contribution in [0.2, 0.25) is 0 Å². The Labute approximate surface area is 124 Å². The molecule has 1 aromatic rings. The van der Waals surface area contributed by atoms with Gasteiger partial charge >= 0.3 is 0 Å². The van der Waals surface area contributed by atoms with Gasteiger partial charge < -0.3 is 24.8 Å². The highest BCUT2D eigenvalue weighted by atomic mass is 16.5. The third-order valence-electron chi connectivity index (χ3n) is 3.66. The van der Waals surface area contributed by atoms with Gasteiger partial charge in [-0.05, 0) is 25.4 Å². The molecule has 116 valence electrons. The number of methoxy groups -OCH3 is 3. The highest BCUT2D eigenvalue weighted by Crippen LogP contribution is 2.34. The minimum Gasteiger partial charge on any atom is -0.496 e. The van der Waals surface area contributed by atoms with Gasteiger partial charge in [-0.25, -0.2) is 0 Å². The molecule has 21 heavy (non-hydrogen) atoms. The Balaban J connectivity index is 2.14. The first kappa shape index (κ1) is 15.4. The van der Waals surface area contributed by atoms with Gasteiger partial charge in [-0.2, -0.15) is 0 Å². The van der Waals surface area contributed by atoms with Crippen molar-refractivity contribution in [3.63, 3.8) is 0 Å². The molecule has 1 heterocycles. The molecule has 0 aromatic heterocycles. The van der Waals surface area contributed by atoms with E-state index in [0.717, 1.165) is 19.5 Å². The number of hydrogen-bond acceptors (Lipinski definition) is 5. The van der Waals surface area contributed by atoms with Crippen molar-refractivity contribution < 1.29 is 19.0 Å². The summed E-state index contributed by atoms with van der Waals surface area (Å²) < 4.78 is 15.7. The molecule has 2 rings (SSSR count). The molecule has 0 saturated carbocycles. The maximum absolute atomic E-state index is 12.3. The highest BCUT2D eigenvalue weighted by molar-refractivity contribution is 5.97. The van der Waals surface area contributed by atoms with E-state index in [-0.39, 0.29) is 5.91 Å². The first-order valence-electron chi connectivity index (χ1n) is 6.98. The third-order valence-corrected chi connectivity index (χ3v) is 3.66. The summed E-state index contributed by atoms with van der Waals surface area (Å²) in [6, 6.07) is 3.30. The SMILES string of the molecule is COc1cc(OC)c(C(=O)NCC2CCNC2)cc1OC. The predicted molar refractivity (Wildman–Crippen MR) is 79.4 cm³/mol. The molecule has 0 spiro atoms. The monoisotopic (exact) mass is 294 g/mol. The van der Waals surface area contributed by atoms with Crippen LogP contribution < -0.4 is 24.8 Å². The lowest BCUT2D eigenvalue weighted by atomic mass is 10.1. The zero-order valence-corrected chi connectivity index (χ0v) is 12.7. The van der Waals surface area contributed by atoms with E-state index in [4.69, 9.17) is 14.2 Å². The van der Waals surface area contributed by atoms with Crippen molar-refractivity contribution in [2.45, 2.75) is 6.42 Å². The number of hydrogen-bond donors (Lipinski definition) is 2. The molecule has 1 aromatic carbocycles. The molecule has 6 heteroatoms. The first-order valence-corrected chi connectivity index (χ1v) is 6.98. The van der Waals surface area contributed by atoms with E-state index in [1.165, 1.54) is 14.2 Å². The third kappa shape index (κ3) is 3.58. The number of carbonyl (C=O) groups excluding carboxylic acids is 1. The van der Waals surface area contributed by atoms with Crippen LogP contribution in [-0.4, -0.2) is 46.9 Å². The molecular formula is C15H22N2O4. The molecular weight excluding hydrogens is 272 g/mol. The molecule has 1 aliphatic rings. The predicted octanol–water partition coefficient (Wildman–Crippen LogP) is 1.05. The number of rotatable bonds is 6. The Morgan fingerprint density at radius 3 is 2.43 bits per heavy atom. The number of nitrogens with one attached hydrogen (secondary N) is 2. The van der Waals surface area contributed by atoms with Crippen LogP contribution in [0.4, 0.5) is 0 Å². The highest BCUT2D eigenvalue weighted by Gasteiger charge is 2.20. The van der Waals surface area contributed by atoms with Gasteiger partial charge in [0.05, 0.1) is 26.9 Å². The van der Waals surface area contributed by atoms with E-state index >= 15 is 0 Å². The van der Waals surface area contributed by atoms with Crippen LogP contribution in [0.15, 0.2) is 12.1 Å². The number of ether oxygens (including phenoxy) is 3. The maximum Gasteiger partial charge on any atom is 0.255 e. The minimum absolute atomic E-state index is 0.167. The Morgan fingerprint density at radius 2 is 1.86 bits per heavy atom. The van der Waals surface area contributed by atoms with E-state index in [9.17, 15) is 4.79 Å². The molecule has 1 fully saturated rings. The van der Waals surface area contributed by atoms with E-state index in [2.05, 4.69) is 10.6 Å². The zero-order chi connectivity index (χ0) is 15.2. The number of carbonyl (C=O) groups is 1. The van der Waals surface area contributed by atoms with Gasteiger partial charge in [-0.3, -0.25) is 4.79 Å². The first-order chi connectivity index (χ1) is 10.2. The van der Waals surface area contributed by atoms with Crippen molar-refractivity contribution in [1.29, 1.82) is 0 Å². The molecule has 6 nitrogen and oxygen atoms in total. The van der Waals surface area contributed by atoms with Crippen molar-refractivity contribution in [3.05, 3.63) is 17.7 Å². The van der Waals surface area contributed by atoms with Crippen molar-refractivity contribution in [1.82, 2.24) is 10.6 Å². The van der Waals surface area contributed by atoms with Gasteiger partial charge in [0.1, 0.15) is 5.75 Å². The number of benzene rings is 1. The summed E-state index contributed by atoms with van der Waals surface area (Å²) in [5.74, 6) is 1.83. The summed E-state index contributed by atoms with van der Waals surface area (Å²) in [5, 5.41) is 6.23. The normalized spacial score (nSPS) is 17.4. The molecule has 2 N–H and O–H groups in total. The van der Waals surface area contributed by atoms with E-state index < -0.39 is 0 Å². The zero-order valence-electron chi connectivity index (χ0n) is 12.7. The largest absolute Gasteiger partial charge is 0.496 e. The Bertz CT molecular complexity index is 499. The molecule has 1 amide bonds. The van der Waals surface area contributed by atoms with E-state index in [0.29, 0.717) is 35.3 Å². The lowest BCUT2D eigenvalue weighted by Crippen LogP contribution is -2.30. The fourth-order valence-corrected chi connectivity index (χ4v) is 2.43. The topological polar surface area (TPSA) is 68.8 Å². The van der Waals surface area contributed by atoms with Gasteiger partial charge in [0.2, 0.25) is 0 Å². The van der Waals surface area contributed by atoms with Gasteiger partial charge in [-0.1, -0.05) is 0 Å². The standard InChI is InChI=1S/C15H22N2O4/c1-19-12-7-14(21-3)13(20-2)6-11(12)15(18)17-9-10-4-5-16-8-10/h6-7,10,16H,4-5,8-9H2,1-3H3,(H,17,18). The average molecular weight is 294 g/mol. The quantitative estimate of drug-likeness (QED) is 0.821. The molecule has 1 aliphatic heterocycles. The Morgan fingerprint density at radius 1 is 1.19 bits per heavy atom. The summed E-state index contributed by atoms with van der Waals surface area (Å²) in [4.78, 5) is 12.3. The van der Waals surface area contributed by atoms with Gasteiger partial charge in [0.15, 0.2) is 11.5 Å². The van der Waals surface area contributed by atoms with Crippen LogP contribution in [-0.2, 0) is 0 Å². The Hall–Kier alpha value is -1.95. The smallest absolute Gasteiger partial charge is 0.255 e. The van der Waals surface area contributed by atoms with Gasteiger partial charge in [-0.15, -0.1) is 0 Å². The van der Waals surface area contributed by atoms with Crippen LogP contribution in [0.3, 0.4) is 0 Å². The van der Waals surface area contributed by atoms with Crippen molar-refractivity contribution in [2.24, 2.45) is 5.92 Å². The molecule has 0 aliphatic carbocycles. The van der Waals surface area contributed by atoms with Crippen LogP contribution in [0, 0.1) is 5.92 Å². The molecule has 1 unspecified atom stereocenters. The van der Waals surface area contributed by atoms with E-state index in [1.54, 1.807) is 19.2 Å². The van der Waals surface area contributed by atoms with Crippen LogP contribution in [0.1, 0.15) is 16.8 Å². The fraction of sp³-hybridized carbons (Fsp3) is 0.533. The van der Waals surface area contributed by atoms with Gasteiger partial charge in [0, 0.05) is 18.7 Å². The van der Waals surface area contributed by atoms with Crippen molar-refractivity contribution in [3.8, 4) is 17.2 Å². The maximum atomic E-state index is 12.3. The molecule has 0 radical (unpaired) electrons. The van der Waals surface area contributed by atoms with Crippen molar-refractivity contribution in [2.75, 3.05) is 41.0 Å². The molecule has 1 saturated heterocycles. The second kappa shape index (κ2) is 7.17. The second-order valence-electron chi connectivity index (χ2n) is 4.98. The summed E-state index contributed by atoms with van der Waals surface area (Å²) in [7, 11) is 4.61. The Kier molecular flexibility index (Phi) is 5.27. The van der Waals surface area contributed by atoms with E-state index in [1.807, 2.05) is 0 Å². The molecule has 1 atom stereocenters. The molecule has 0 bridgehead atoms. The fourth-order valence-electron chi connectivity index (χ4n) is 2.43. The second-order valence-corrected chi connectivity index (χ2v) is 4.98. The summed E-state index contributed by atoms with van der Waals surface area (Å²) in [5.41, 5.74) is 0.445. The van der Waals surface area contributed by atoms with Crippen LogP contribution in [0.25, 0.3) is 0 Å². The minimum atomic E-state index is -0.167. The summed E-state index contributed by atoms with van der Waals surface area (Å²) >= 11 is 0. The summed E-state index contributed by atoms with van der Waals surface area (Å²) in [6.07, 6.45) is 1.09. The summed E-state index contributed by atoms with van der Waals surface area (Å²) in [6.45, 7) is 2.62. The average Bonchev–Trinajstić information content (AvgIpc) is 3.04. The lowest BCUT2D eigenvalue weighted by molar-refractivity contribution is 0.0944. The number of amides is 1. The van der Waals surface area contributed by atoms with Gasteiger partial charge in [0.25, 0.3) is 5.91 Å². The van der Waals surface area contributed by atoms with Crippen LogP contribution >= 0.6 is 0 Å².